The quantitative estimate of drug-likeness (QED) is 0.356. The van der Waals surface area contributed by atoms with Crippen LogP contribution in [0.3, 0.4) is 0 Å². The summed E-state index contributed by atoms with van der Waals surface area (Å²) in [6.07, 6.45) is 3.56. The number of rotatable bonds is 12. The highest BCUT2D eigenvalue weighted by atomic mass is 19.1. The molecule has 0 saturated carbocycles. The highest BCUT2D eigenvalue weighted by molar-refractivity contribution is 5.73. The van der Waals surface area contributed by atoms with E-state index in [0.717, 1.165) is 49.5 Å². The molecule has 0 aromatic heterocycles. The Morgan fingerprint density at radius 1 is 1.19 bits per heavy atom. The van der Waals surface area contributed by atoms with Gasteiger partial charge in [-0.1, -0.05) is 18.6 Å². The first-order valence-corrected chi connectivity index (χ1v) is 12.9. The second-order valence-corrected chi connectivity index (χ2v) is 10.5. The zero-order valence-electron chi connectivity index (χ0n) is 21.8. The number of hydrogen-bond acceptors (Lipinski definition) is 5. The van der Waals surface area contributed by atoms with Crippen LogP contribution in [0.1, 0.15) is 69.2 Å². The molecule has 0 saturated heterocycles. The number of nitrogens with one attached hydrogen (secondary N) is 2. The summed E-state index contributed by atoms with van der Waals surface area (Å²) >= 11 is 0. The predicted octanol–water partition coefficient (Wildman–Crippen LogP) is 4.75. The lowest BCUT2D eigenvalue weighted by Gasteiger charge is -2.30. The molecule has 0 fully saturated rings. The Labute approximate surface area is 218 Å². The molecule has 0 unspecified atom stereocenters. The number of aliphatic hydroxyl groups is 1. The van der Waals surface area contributed by atoms with E-state index >= 15 is 0 Å². The Morgan fingerprint density at radius 2 is 1.92 bits per heavy atom. The van der Waals surface area contributed by atoms with Crippen molar-refractivity contribution in [3.63, 3.8) is 0 Å². The molecular formula is C29H37F2N3O3. The van der Waals surface area contributed by atoms with Crippen LogP contribution in [0.25, 0.3) is 0 Å². The minimum absolute atomic E-state index is 0.0412. The standard InChI is InChI=1S/C29H37F2N3O3/c1-19(35)34-26(15-21-12-22(30)16-23(31)13-21)27(36)17-33-25-9-11-37-28-8-7-20(14-24(25)28)6-4-5-10-29(2,3)18-32/h7-8,12-14,16,25-27,33,36H,4-6,9-11,15,17H2,1-3H3,(H,34,35)/t25-,26-,27+/m0/s1. The molecular weight excluding hydrogens is 476 g/mol. The summed E-state index contributed by atoms with van der Waals surface area (Å²) in [5, 5.41) is 26.2. The number of benzene rings is 2. The van der Waals surface area contributed by atoms with Gasteiger partial charge in [0.2, 0.25) is 5.91 Å². The van der Waals surface area contributed by atoms with Gasteiger partial charge in [0, 0.05) is 37.6 Å². The maximum absolute atomic E-state index is 13.6. The first-order chi connectivity index (χ1) is 17.6. The monoisotopic (exact) mass is 513 g/mol. The first kappa shape index (κ1) is 28.5. The molecule has 0 aliphatic carbocycles. The van der Waals surface area contributed by atoms with E-state index in [9.17, 15) is 23.9 Å². The van der Waals surface area contributed by atoms with E-state index in [2.05, 4.69) is 28.8 Å². The van der Waals surface area contributed by atoms with Crippen LogP contribution in [0.4, 0.5) is 8.78 Å². The van der Waals surface area contributed by atoms with E-state index in [0.29, 0.717) is 12.2 Å². The van der Waals surface area contributed by atoms with Crippen LogP contribution < -0.4 is 15.4 Å². The number of aryl methyl sites for hydroxylation is 1. The van der Waals surface area contributed by atoms with Gasteiger partial charge >= 0.3 is 0 Å². The predicted molar refractivity (Wildman–Crippen MR) is 138 cm³/mol. The fraction of sp³-hybridized carbons (Fsp3) is 0.517. The van der Waals surface area contributed by atoms with Crippen molar-refractivity contribution in [2.24, 2.45) is 5.41 Å². The smallest absolute Gasteiger partial charge is 0.217 e. The molecule has 200 valence electrons. The van der Waals surface area contributed by atoms with Crippen molar-refractivity contribution in [3.8, 4) is 11.8 Å². The highest BCUT2D eigenvalue weighted by Crippen LogP contribution is 2.33. The summed E-state index contributed by atoms with van der Waals surface area (Å²) in [6, 6.07) is 11.0. The average Bonchev–Trinajstić information content (AvgIpc) is 2.84. The van der Waals surface area contributed by atoms with Crippen LogP contribution in [0.15, 0.2) is 36.4 Å². The number of hydrogen-bond donors (Lipinski definition) is 3. The van der Waals surface area contributed by atoms with Gasteiger partial charge in [0.15, 0.2) is 0 Å². The SMILES string of the molecule is CC(=O)N[C@@H](Cc1cc(F)cc(F)c1)[C@H](O)CN[C@H]1CCOc2ccc(CCCCC(C)(C)C#N)cc21. The average molecular weight is 514 g/mol. The first-order valence-electron chi connectivity index (χ1n) is 12.9. The fourth-order valence-corrected chi connectivity index (χ4v) is 4.70. The van der Waals surface area contributed by atoms with E-state index in [1.54, 1.807) is 0 Å². The van der Waals surface area contributed by atoms with E-state index in [1.165, 1.54) is 24.6 Å². The third kappa shape index (κ3) is 8.80. The maximum Gasteiger partial charge on any atom is 0.217 e. The van der Waals surface area contributed by atoms with Crippen LogP contribution >= 0.6 is 0 Å². The largest absolute Gasteiger partial charge is 0.493 e. The number of amides is 1. The minimum atomic E-state index is -0.979. The Bertz CT molecular complexity index is 1100. The lowest BCUT2D eigenvalue weighted by molar-refractivity contribution is -0.120. The number of nitriles is 1. The number of unbranched alkanes of at least 4 members (excludes halogenated alkanes) is 1. The molecule has 2 aromatic rings. The van der Waals surface area contributed by atoms with Gasteiger partial charge in [-0.05, 0) is 68.9 Å². The molecule has 1 aliphatic heterocycles. The van der Waals surface area contributed by atoms with Crippen LogP contribution in [0, 0.1) is 28.4 Å². The number of halogens is 2. The molecule has 6 nitrogen and oxygen atoms in total. The van der Waals surface area contributed by atoms with Crippen molar-refractivity contribution in [2.45, 2.75) is 77.5 Å². The van der Waals surface area contributed by atoms with Gasteiger partial charge in [-0.15, -0.1) is 0 Å². The molecule has 0 bridgehead atoms. The molecule has 3 N–H and O–H groups in total. The zero-order chi connectivity index (χ0) is 27.0. The second kappa shape index (κ2) is 13.0. The van der Waals surface area contributed by atoms with Crippen molar-refractivity contribution < 1.29 is 23.4 Å². The number of nitrogens with zero attached hydrogens (tertiary/aromatic N) is 1. The van der Waals surface area contributed by atoms with Crippen molar-refractivity contribution >= 4 is 5.91 Å². The van der Waals surface area contributed by atoms with Gasteiger partial charge in [0.05, 0.1) is 30.2 Å². The zero-order valence-corrected chi connectivity index (χ0v) is 21.8. The number of ether oxygens (including phenoxy) is 1. The summed E-state index contributed by atoms with van der Waals surface area (Å²) in [6.45, 7) is 5.99. The number of carbonyl (C=O) groups excluding carboxylic acids is 1. The van der Waals surface area contributed by atoms with E-state index < -0.39 is 23.8 Å². The van der Waals surface area contributed by atoms with Crippen molar-refractivity contribution in [1.82, 2.24) is 10.6 Å². The molecule has 8 heteroatoms. The van der Waals surface area contributed by atoms with Gasteiger partial charge in [-0.3, -0.25) is 4.79 Å². The molecule has 1 aliphatic rings. The summed E-state index contributed by atoms with van der Waals surface area (Å²) in [5.41, 5.74) is 2.26. The lowest BCUT2D eigenvalue weighted by atomic mass is 9.88. The highest BCUT2D eigenvalue weighted by Gasteiger charge is 2.26. The summed E-state index contributed by atoms with van der Waals surface area (Å²) in [4.78, 5) is 11.7. The van der Waals surface area contributed by atoms with Crippen LogP contribution in [0.2, 0.25) is 0 Å². The number of aliphatic hydroxyl groups excluding tert-OH is 1. The Kier molecular flexibility index (Phi) is 10.0. The van der Waals surface area contributed by atoms with Gasteiger partial charge in [-0.2, -0.15) is 5.26 Å². The van der Waals surface area contributed by atoms with Crippen LogP contribution in [0.5, 0.6) is 5.75 Å². The van der Waals surface area contributed by atoms with Crippen molar-refractivity contribution in [3.05, 3.63) is 64.7 Å². The van der Waals surface area contributed by atoms with E-state index in [4.69, 9.17) is 4.74 Å². The molecule has 0 radical (unpaired) electrons. The molecule has 1 heterocycles. The number of carbonyl (C=O) groups is 1. The Balaban J connectivity index is 1.62. The summed E-state index contributed by atoms with van der Waals surface area (Å²) in [7, 11) is 0. The Hall–Kier alpha value is -3.02. The van der Waals surface area contributed by atoms with Gasteiger partial charge < -0.3 is 20.5 Å². The van der Waals surface area contributed by atoms with E-state index in [-0.39, 0.29) is 30.3 Å². The molecule has 0 spiro atoms. The second-order valence-electron chi connectivity index (χ2n) is 10.5. The van der Waals surface area contributed by atoms with Crippen LogP contribution in [-0.4, -0.2) is 36.3 Å². The van der Waals surface area contributed by atoms with Crippen molar-refractivity contribution in [1.29, 1.82) is 5.26 Å². The molecule has 2 aromatic carbocycles. The minimum Gasteiger partial charge on any atom is -0.493 e. The maximum atomic E-state index is 13.6. The molecule has 3 rings (SSSR count). The third-order valence-electron chi connectivity index (χ3n) is 6.74. The number of fused-ring (bicyclic) bond motifs is 1. The van der Waals surface area contributed by atoms with Crippen LogP contribution in [-0.2, 0) is 17.6 Å². The van der Waals surface area contributed by atoms with E-state index in [1.807, 2.05) is 19.9 Å². The molecule has 1 amide bonds. The topological polar surface area (TPSA) is 94.4 Å². The fourth-order valence-electron chi connectivity index (χ4n) is 4.70. The van der Waals surface area contributed by atoms with Gasteiger partial charge in [0.25, 0.3) is 0 Å². The normalized spacial score (nSPS) is 16.7. The van der Waals surface area contributed by atoms with Crippen molar-refractivity contribution in [2.75, 3.05) is 13.2 Å². The summed E-state index contributed by atoms with van der Waals surface area (Å²) < 4.78 is 33.1. The van der Waals surface area contributed by atoms with Gasteiger partial charge in [-0.25, -0.2) is 8.78 Å². The molecule has 37 heavy (non-hydrogen) atoms. The lowest BCUT2D eigenvalue weighted by Crippen LogP contribution is -2.48. The summed E-state index contributed by atoms with van der Waals surface area (Å²) in [5.74, 6) is -0.929. The Morgan fingerprint density at radius 3 is 2.59 bits per heavy atom. The molecule has 3 atom stereocenters. The third-order valence-corrected chi connectivity index (χ3v) is 6.74. The van der Waals surface area contributed by atoms with Gasteiger partial charge in [0.1, 0.15) is 17.4 Å².